The van der Waals surface area contributed by atoms with Gasteiger partial charge in [0.05, 0.1) is 17.1 Å². The molecule has 1 unspecified atom stereocenters. The van der Waals surface area contributed by atoms with Crippen LogP contribution in [0.2, 0.25) is 0 Å². The zero-order valence-electron chi connectivity index (χ0n) is 13.9. The van der Waals surface area contributed by atoms with Gasteiger partial charge in [-0.3, -0.25) is 0 Å². The molecule has 0 saturated carbocycles. The van der Waals surface area contributed by atoms with E-state index in [-0.39, 0.29) is 5.88 Å². The molecule has 0 amide bonds. The number of aromatic nitrogens is 1. The Morgan fingerprint density at radius 2 is 1.74 bits per heavy atom. The minimum Gasteiger partial charge on any atom is -0.477 e. The molecule has 1 aromatic heterocycles. The van der Waals surface area contributed by atoms with Crippen molar-refractivity contribution in [3.05, 3.63) is 18.3 Å². The van der Waals surface area contributed by atoms with Crippen molar-refractivity contribution in [3.8, 4) is 5.88 Å². The summed E-state index contributed by atoms with van der Waals surface area (Å²) in [5.74, 6) is -1.41. The van der Waals surface area contributed by atoms with E-state index in [1.54, 1.807) is 6.07 Å². The number of nitrogens with zero attached hydrogens (tertiary/aromatic N) is 1. The van der Waals surface area contributed by atoms with Crippen LogP contribution in [0, 0.1) is 5.92 Å². The quantitative estimate of drug-likeness (QED) is 0.796. The fourth-order valence-electron chi connectivity index (χ4n) is 1.90. The molecule has 2 rings (SSSR count). The summed E-state index contributed by atoms with van der Waals surface area (Å²) in [6.07, 6.45) is -2.78. The van der Waals surface area contributed by atoms with Crippen LogP contribution in [0.1, 0.15) is 34.6 Å². The predicted molar refractivity (Wildman–Crippen MR) is 80.7 cm³/mol. The molecule has 0 aliphatic carbocycles. The Morgan fingerprint density at radius 1 is 1.17 bits per heavy atom. The van der Waals surface area contributed by atoms with E-state index in [0.717, 1.165) is 6.92 Å². The van der Waals surface area contributed by atoms with Crippen molar-refractivity contribution in [1.82, 2.24) is 4.98 Å². The smallest absolute Gasteiger partial charge is 0.477 e. The number of pyridine rings is 1. The van der Waals surface area contributed by atoms with Gasteiger partial charge in [-0.05, 0) is 33.8 Å². The molecule has 1 fully saturated rings. The molecule has 0 radical (unpaired) electrons. The highest BCUT2D eigenvalue weighted by Crippen LogP contribution is 2.36. The van der Waals surface area contributed by atoms with E-state index in [1.807, 2.05) is 27.7 Å². The minimum absolute atomic E-state index is 0.140. The van der Waals surface area contributed by atoms with Gasteiger partial charge in [0.25, 0.3) is 0 Å². The lowest BCUT2D eigenvalue weighted by Crippen LogP contribution is -2.41. The molecule has 1 atom stereocenters. The van der Waals surface area contributed by atoms with Crippen LogP contribution in [0.3, 0.4) is 0 Å². The first kappa shape index (κ1) is 18.1. The molecule has 1 aromatic rings. The second-order valence-corrected chi connectivity index (χ2v) is 6.77. The average Bonchev–Trinajstić information content (AvgIpc) is 2.64. The summed E-state index contributed by atoms with van der Waals surface area (Å²) >= 11 is 0. The van der Waals surface area contributed by atoms with Gasteiger partial charge < -0.3 is 14.0 Å². The van der Waals surface area contributed by atoms with Crippen molar-refractivity contribution >= 4 is 12.6 Å². The predicted octanol–water partition coefficient (Wildman–Crippen LogP) is 2.96. The highest BCUT2D eigenvalue weighted by molar-refractivity contribution is 6.62. The number of ether oxygens (including phenoxy) is 1. The first-order valence-electron chi connectivity index (χ1n) is 7.43. The first-order chi connectivity index (χ1) is 10.4. The largest absolute Gasteiger partial charge is 0.496 e. The Hall–Kier alpha value is -1.28. The lowest BCUT2D eigenvalue weighted by atomic mass is 9.80. The highest BCUT2D eigenvalue weighted by Gasteiger charge is 2.51. The third-order valence-electron chi connectivity index (χ3n) is 4.32. The van der Waals surface area contributed by atoms with Crippen LogP contribution in [0.25, 0.3) is 0 Å². The monoisotopic (exact) mass is 331 g/mol. The first-order valence-corrected chi connectivity index (χ1v) is 7.43. The molecule has 0 N–H and O–H groups in total. The van der Waals surface area contributed by atoms with Crippen LogP contribution in [0.15, 0.2) is 18.3 Å². The van der Waals surface area contributed by atoms with Crippen molar-refractivity contribution in [2.45, 2.75) is 52.0 Å². The van der Waals surface area contributed by atoms with Crippen molar-refractivity contribution < 1.29 is 27.2 Å². The number of hydrogen-bond acceptors (Lipinski definition) is 4. The van der Waals surface area contributed by atoms with Gasteiger partial charge in [0.15, 0.2) is 0 Å². The maximum atomic E-state index is 12.4. The molecule has 4 nitrogen and oxygen atoms in total. The van der Waals surface area contributed by atoms with E-state index < -0.39 is 37.0 Å². The molecule has 0 spiro atoms. The third kappa shape index (κ3) is 3.98. The Balaban J connectivity index is 1.98. The van der Waals surface area contributed by atoms with E-state index in [4.69, 9.17) is 14.0 Å². The third-order valence-corrected chi connectivity index (χ3v) is 4.32. The van der Waals surface area contributed by atoms with E-state index in [9.17, 15) is 13.2 Å². The molecule has 0 bridgehead atoms. The van der Waals surface area contributed by atoms with Gasteiger partial charge >= 0.3 is 13.3 Å². The summed E-state index contributed by atoms with van der Waals surface area (Å²) < 4.78 is 54.1. The zero-order chi connectivity index (χ0) is 17.5. The SMILES string of the molecule is CC(COc1ccc(B2OC(C)(C)C(C)(C)O2)cn1)C(F)(F)F. The topological polar surface area (TPSA) is 40.6 Å². The molecule has 1 aliphatic heterocycles. The lowest BCUT2D eigenvalue weighted by Gasteiger charge is -2.32. The van der Waals surface area contributed by atoms with Gasteiger partial charge in [-0.2, -0.15) is 13.2 Å². The van der Waals surface area contributed by atoms with E-state index in [2.05, 4.69) is 4.98 Å². The van der Waals surface area contributed by atoms with Crippen LogP contribution >= 0.6 is 0 Å². The summed E-state index contributed by atoms with van der Waals surface area (Å²) in [5, 5.41) is 0. The van der Waals surface area contributed by atoms with Gasteiger partial charge in [-0.15, -0.1) is 0 Å². The molecular weight excluding hydrogens is 310 g/mol. The molecular formula is C15H21BF3NO3. The van der Waals surface area contributed by atoms with E-state index in [1.165, 1.54) is 12.3 Å². The Labute approximate surface area is 134 Å². The maximum absolute atomic E-state index is 12.4. The molecule has 8 heteroatoms. The van der Waals surface area contributed by atoms with Gasteiger partial charge in [0.2, 0.25) is 5.88 Å². The average molecular weight is 331 g/mol. The van der Waals surface area contributed by atoms with Gasteiger partial charge in [-0.25, -0.2) is 4.98 Å². The summed E-state index contributed by atoms with van der Waals surface area (Å²) in [6, 6.07) is 3.20. The van der Waals surface area contributed by atoms with Crippen molar-refractivity contribution in [3.63, 3.8) is 0 Å². The van der Waals surface area contributed by atoms with Crippen LogP contribution in [0.4, 0.5) is 13.2 Å². The Kier molecular flexibility index (Phi) is 4.70. The second-order valence-electron chi connectivity index (χ2n) is 6.77. The molecule has 23 heavy (non-hydrogen) atoms. The maximum Gasteiger partial charge on any atom is 0.496 e. The minimum atomic E-state index is -4.28. The fraction of sp³-hybridized carbons (Fsp3) is 0.667. The van der Waals surface area contributed by atoms with Crippen LogP contribution < -0.4 is 10.2 Å². The van der Waals surface area contributed by atoms with E-state index >= 15 is 0 Å². The fourth-order valence-corrected chi connectivity index (χ4v) is 1.90. The van der Waals surface area contributed by atoms with Crippen LogP contribution in [-0.4, -0.2) is 36.1 Å². The normalized spacial score (nSPS) is 21.3. The molecule has 2 heterocycles. The molecule has 1 aliphatic rings. The highest BCUT2D eigenvalue weighted by atomic mass is 19.4. The lowest BCUT2D eigenvalue weighted by molar-refractivity contribution is -0.176. The van der Waals surface area contributed by atoms with Gasteiger partial charge in [0.1, 0.15) is 6.61 Å². The molecule has 1 saturated heterocycles. The zero-order valence-corrected chi connectivity index (χ0v) is 13.9. The van der Waals surface area contributed by atoms with Gasteiger partial charge in [0, 0.05) is 11.7 Å². The number of hydrogen-bond donors (Lipinski definition) is 0. The number of alkyl halides is 3. The summed E-state index contributed by atoms with van der Waals surface area (Å²) in [5.41, 5.74) is -0.232. The van der Waals surface area contributed by atoms with Crippen LogP contribution in [-0.2, 0) is 9.31 Å². The molecule has 128 valence electrons. The molecule has 0 aromatic carbocycles. The summed E-state index contributed by atoms with van der Waals surface area (Å²) in [6.45, 7) is 8.37. The summed E-state index contributed by atoms with van der Waals surface area (Å²) in [4.78, 5) is 4.02. The standard InChI is InChI=1S/C15H21BF3NO3/c1-10(15(17,18)19)9-21-12-7-6-11(8-20-12)16-22-13(2,3)14(4,5)23-16/h6-8,10H,9H2,1-5H3. The Morgan fingerprint density at radius 3 is 2.17 bits per heavy atom. The summed E-state index contributed by atoms with van der Waals surface area (Å²) in [7, 11) is -0.560. The van der Waals surface area contributed by atoms with Gasteiger partial charge in [-0.1, -0.05) is 13.0 Å². The van der Waals surface area contributed by atoms with Crippen molar-refractivity contribution in [2.75, 3.05) is 6.61 Å². The van der Waals surface area contributed by atoms with Crippen molar-refractivity contribution in [2.24, 2.45) is 5.92 Å². The number of rotatable bonds is 4. The van der Waals surface area contributed by atoms with E-state index in [0.29, 0.717) is 5.46 Å². The van der Waals surface area contributed by atoms with Crippen LogP contribution in [0.5, 0.6) is 5.88 Å². The number of halogens is 3. The Bertz CT molecular complexity index is 530. The van der Waals surface area contributed by atoms with Crippen molar-refractivity contribution in [1.29, 1.82) is 0 Å². The second kappa shape index (κ2) is 5.98.